The molecule has 0 fully saturated rings. The Morgan fingerprint density at radius 3 is 2.56 bits per heavy atom. The van der Waals surface area contributed by atoms with Crippen LogP contribution in [0.25, 0.3) is 0 Å². The fourth-order valence-electron chi connectivity index (χ4n) is 1.29. The van der Waals surface area contributed by atoms with Crippen molar-refractivity contribution in [2.75, 3.05) is 13.2 Å². The highest BCUT2D eigenvalue weighted by molar-refractivity contribution is 5.81. The predicted octanol–water partition coefficient (Wildman–Crippen LogP) is 1.00. The van der Waals surface area contributed by atoms with Crippen molar-refractivity contribution in [3.63, 3.8) is 0 Å². The number of carbonyl (C=O) groups is 2. The Balaban J connectivity index is 2.29. The highest BCUT2D eigenvalue weighted by Gasteiger charge is 2.07. The van der Waals surface area contributed by atoms with Crippen molar-refractivity contribution in [1.82, 2.24) is 5.32 Å². The summed E-state index contributed by atoms with van der Waals surface area (Å²) in [7, 11) is 0. The molecule has 0 atom stereocenters. The third-order valence-electron chi connectivity index (χ3n) is 2.22. The van der Waals surface area contributed by atoms with Gasteiger partial charge in [-0.3, -0.25) is 9.59 Å². The van der Waals surface area contributed by atoms with E-state index >= 15 is 0 Å². The standard InChI is InChI=1S/C13H17NO4/c1-2-7-14-12(16)9-18-13(17)8-10-3-5-11(15)6-4-10/h3-6,15H,2,7-9H2,1H3,(H,14,16). The lowest BCUT2D eigenvalue weighted by atomic mass is 10.1. The molecular weight excluding hydrogens is 234 g/mol. The van der Waals surface area contributed by atoms with Crippen molar-refractivity contribution >= 4 is 11.9 Å². The number of amides is 1. The average molecular weight is 251 g/mol. The van der Waals surface area contributed by atoms with Crippen molar-refractivity contribution < 1.29 is 19.4 Å². The maximum absolute atomic E-state index is 11.4. The lowest BCUT2D eigenvalue weighted by Crippen LogP contribution is -2.29. The zero-order valence-electron chi connectivity index (χ0n) is 10.3. The molecule has 0 spiro atoms. The van der Waals surface area contributed by atoms with Gasteiger partial charge in [0.25, 0.3) is 5.91 Å². The maximum Gasteiger partial charge on any atom is 0.310 e. The predicted molar refractivity (Wildman–Crippen MR) is 66.1 cm³/mol. The van der Waals surface area contributed by atoms with Crippen molar-refractivity contribution in [3.05, 3.63) is 29.8 Å². The molecule has 0 heterocycles. The second-order valence-corrected chi connectivity index (χ2v) is 3.85. The summed E-state index contributed by atoms with van der Waals surface area (Å²) in [6, 6.07) is 6.26. The molecule has 0 radical (unpaired) electrons. The monoisotopic (exact) mass is 251 g/mol. The van der Waals surface area contributed by atoms with E-state index in [1.807, 2.05) is 6.92 Å². The Bertz CT molecular complexity index is 400. The van der Waals surface area contributed by atoms with Gasteiger partial charge >= 0.3 is 5.97 Å². The summed E-state index contributed by atoms with van der Waals surface area (Å²) >= 11 is 0. The van der Waals surface area contributed by atoms with E-state index in [9.17, 15) is 9.59 Å². The van der Waals surface area contributed by atoms with E-state index in [0.717, 1.165) is 12.0 Å². The molecule has 0 saturated carbocycles. The number of hydrogen-bond acceptors (Lipinski definition) is 4. The highest BCUT2D eigenvalue weighted by atomic mass is 16.5. The lowest BCUT2D eigenvalue weighted by molar-refractivity contribution is -0.147. The molecule has 5 nitrogen and oxygen atoms in total. The van der Waals surface area contributed by atoms with Gasteiger partial charge in [-0.05, 0) is 24.1 Å². The Labute approximate surface area is 106 Å². The second kappa shape index (κ2) is 7.32. The highest BCUT2D eigenvalue weighted by Crippen LogP contribution is 2.10. The van der Waals surface area contributed by atoms with Crippen molar-refractivity contribution in [2.45, 2.75) is 19.8 Å². The van der Waals surface area contributed by atoms with Crippen LogP contribution in [0.3, 0.4) is 0 Å². The first kappa shape index (κ1) is 14.0. The Hall–Kier alpha value is -2.04. The van der Waals surface area contributed by atoms with Gasteiger partial charge in [0.15, 0.2) is 6.61 Å². The van der Waals surface area contributed by atoms with E-state index in [1.54, 1.807) is 12.1 Å². The van der Waals surface area contributed by atoms with Gasteiger partial charge in [-0.1, -0.05) is 19.1 Å². The molecule has 1 amide bonds. The molecule has 0 bridgehead atoms. The lowest BCUT2D eigenvalue weighted by Gasteiger charge is -2.05. The molecule has 1 aromatic carbocycles. The minimum atomic E-state index is -0.465. The first-order chi connectivity index (χ1) is 8.61. The Morgan fingerprint density at radius 1 is 1.28 bits per heavy atom. The summed E-state index contributed by atoms with van der Waals surface area (Å²) in [6.45, 7) is 2.27. The van der Waals surface area contributed by atoms with Crippen LogP contribution >= 0.6 is 0 Å². The molecular formula is C13H17NO4. The Kier molecular flexibility index (Phi) is 5.70. The van der Waals surface area contributed by atoms with Crippen LogP contribution in [0.2, 0.25) is 0 Å². The summed E-state index contributed by atoms with van der Waals surface area (Å²) in [4.78, 5) is 22.6. The second-order valence-electron chi connectivity index (χ2n) is 3.85. The minimum Gasteiger partial charge on any atom is -0.508 e. The van der Waals surface area contributed by atoms with Gasteiger partial charge in [-0.25, -0.2) is 0 Å². The number of ether oxygens (including phenoxy) is 1. The molecule has 0 aliphatic rings. The zero-order chi connectivity index (χ0) is 13.4. The molecule has 5 heteroatoms. The van der Waals surface area contributed by atoms with Gasteiger partial charge in [0.1, 0.15) is 5.75 Å². The normalized spacial score (nSPS) is 9.83. The average Bonchev–Trinajstić information content (AvgIpc) is 2.36. The van der Waals surface area contributed by atoms with E-state index in [1.165, 1.54) is 12.1 Å². The molecule has 0 aromatic heterocycles. The summed E-state index contributed by atoms with van der Waals surface area (Å²) in [5, 5.41) is 11.7. The molecule has 1 aromatic rings. The summed E-state index contributed by atoms with van der Waals surface area (Å²) in [6.07, 6.45) is 0.925. The van der Waals surface area contributed by atoms with E-state index in [4.69, 9.17) is 9.84 Å². The van der Waals surface area contributed by atoms with E-state index in [2.05, 4.69) is 5.32 Å². The minimum absolute atomic E-state index is 0.0847. The number of nitrogens with one attached hydrogen (secondary N) is 1. The van der Waals surface area contributed by atoms with Gasteiger partial charge in [0.05, 0.1) is 6.42 Å². The number of aromatic hydroxyl groups is 1. The molecule has 2 N–H and O–H groups in total. The van der Waals surface area contributed by atoms with E-state index in [0.29, 0.717) is 6.54 Å². The van der Waals surface area contributed by atoms with Crippen LogP contribution in [-0.4, -0.2) is 30.1 Å². The van der Waals surface area contributed by atoms with Gasteiger partial charge < -0.3 is 15.2 Å². The smallest absolute Gasteiger partial charge is 0.310 e. The fourth-order valence-corrected chi connectivity index (χ4v) is 1.29. The number of esters is 1. The van der Waals surface area contributed by atoms with Crippen molar-refractivity contribution in [1.29, 1.82) is 0 Å². The quantitative estimate of drug-likeness (QED) is 0.740. The summed E-state index contributed by atoms with van der Waals surface area (Å²) in [5.41, 5.74) is 0.728. The number of phenolic OH excluding ortho intramolecular Hbond substituents is 1. The molecule has 0 aliphatic carbocycles. The number of hydrogen-bond donors (Lipinski definition) is 2. The van der Waals surface area contributed by atoms with E-state index in [-0.39, 0.29) is 24.7 Å². The molecule has 18 heavy (non-hydrogen) atoms. The van der Waals surface area contributed by atoms with Crippen molar-refractivity contribution in [2.24, 2.45) is 0 Å². The first-order valence-corrected chi connectivity index (χ1v) is 5.82. The first-order valence-electron chi connectivity index (χ1n) is 5.82. The number of rotatable bonds is 6. The van der Waals surface area contributed by atoms with Crippen LogP contribution in [0.4, 0.5) is 0 Å². The summed E-state index contributed by atoms with van der Waals surface area (Å²) < 4.78 is 4.82. The maximum atomic E-state index is 11.4. The van der Waals surface area contributed by atoms with E-state index < -0.39 is 5.97 Å². The van der Waals surface area contributed by atoms with Gasteiger partial charge in [-0.15, -0.1) is 0 Å². The van der Waals surface area contributed by atoms with Gasteiger partial charge in [-0.2, -0.15) is 0 Å². The third-order valence-corrected chi connectivity index (χ3v) is 2.22. The SMILES string of the molecule is CCCNC(=O)COC(=O)Cc1ccc(O)cc1. The largest absolute Gasteiger partial charge is 0.508 e. The fraction of sp³-hybridized carbons (Fsp3) is 0.385. The summed E-state index contributed by atoms with van der Waals surface area (Å²) in [5.74, 6) is -0.616. The topological polar surface area (TPSA) is 75.6 Å². The van der Waals surface area contributed by atoms with Crippen LogP contribution in [0.5, 0.6) is 5.75 Å². The number of carbonyl (C=O) groups excluding carboxylic acids is 2. The van der Waals surface area contributed by atoms with Crippen LogP contribution in [-0.2, 0) is 20.7 Å². The molecule has 0 unspecified atom stereocenters. The zero-order valence-corrected chi connectivity index (χ0v) is 10.3. The van der Waals surface area contributed by atoms with Crippen molar-refractivity contribution in [3.8, 4) is 5.75 Å². The van der Waals surface area contributed by atoms with Crippen LogP contribution in [0.15, 0.2) is 24.3 Å². The molecule has 1 rings (SSSR count). The molecule has 0 aliphatic heterocycles. The van der Waals surface area contributed by atoms with Crippen LogP contribution in [0.1, 0.15) is 18.9 Å². The van der Waals surface area contributed by atoms with Gasteiger partial charge in [0, 0.05) is 6.54 Å². The molecule has 0 saturated heterocycles. The number of benzene rings is 1. The molecule has 98 valence electrons. The number of phenols is 1. The Morgan fingerprint density at radius 2 is 1.94 bits per heavy atom. The third kappa shape index (κ3) is 5.34. The van der Waals surface area contributed by atoms with Gasteiger partial charge in [0.2, 0.25) is 0 Å². The van der Waals surface area contributed by atoms with Crippen LogP contribution in [0, 0.1) is 0 Å². The van der Waals surface area contributed by atoms with Crippen LogP contribution < -0.4 is 5.32 Å².